The molecule has 0 bridgehead atoms. The molecule has 0 amide bonds. The Labute approximate surface area is 87.8 Å². The van der Waals surface area contributed by atoms with Crippen molar-refractivity contribution in [2.45, 2.75) is 19.4 Å². The molecule has 0 fully saturated rings. The quantitative estimate of drug-likeness (QED) is 0.778. The van der Waals surface area contributed by atoms with E-state index in [0.29, 0.717) is 12.2 Å². The lowest BCUT2D eigenvalue weighted by atomic mass is 10.2. The first kappa shape index (κ1) is 9.92. The number of imidazole rings is 1. The molecular weight excluding hydrogens is 192 g/mol. The molecule has 0 aliphatic rings. The standard InChI is InChI=1S/C10H14N4O/c1-7-5-8(14(2)13-7)6-9(15)10-11-3-4-12-10/h3-5,9,15H,6H2,1-2H3,(H,11,12). The molecule has 15 heavy (non-hydrogen) atoms. The lowest BCUT2D eigenvalue weighted by Crippen LogP contribution is -2.07. The van der Waals surface area contributed by atoms with Gasteiger partial charge in [0.15, 0.2) is 0 Å². The number of aliphatic hydroxyl groups is 1. The first-order valence-corrected chi connectivity index (χ1v) is 4.83. The van der Waals surface area contributed by atoms with Crippen LogP contribution in [0.5, 0.6) is 0 Å². The van der Waals surface area contributed by atoms with Crippen LogP contribution in [0.1, 0.15) is 23.3 Å². The molecule has 5 nitrogen and oxygen atoms in total. The van der Waals surface area contributed by atoms with Crippen LogP contribution >= 0.6 is 0 Å². The second-order valence-corrected chi connectivity index (χ2v) is 3.60. The number of rotatable bonds is 3. The highest BCUT2D eigenvalue weighted by molar-refractivity contribution is 5.11. The van der Waals surface area contributed by atoms with Gasteiger partial charge in [-0.2, -0.15) is 5.10 Å². The van der Waals surface area contributed by atoms with E-state index in [2.05, 4.69) is 15.1 Å². The summed E-state index contributed by atoms with van der Waals surface area (Å²) in [5, 5.41) is 14.1. The fourth-order valence-electron chi connectivity index (χ4n) is 1.61. The maximum atomic E-state index is 9.86. The number of nitrogens with one attached hydrogen (secondary N) is 1. The van der Waals surface area contributed by atoms with E-state index in [4.69, 9.17) is 0 Å². The summed E-state index contributed by atoms with van der Waals surface area (Å²) in [4.78, 5) is 6.91. The minimum absolute atomic E-state index is 0.519. The smallest absolute Gasteiger partial charge is 0.135 e. The average Bonchev–Trinajstić information content (AvgIpc) is 2.76. The zero-order valence-corrected chi connectivity index (χ0v) is 8.81. The molecule has 80 valence electrons. The lowest BCUT2D eigenvalue weighted by Gasteiger charge is -2.07. The minimum atomic E-state index is -0.602. The van der Waals surface area contributed by atoms with Crippen molar-refractivity contribution >= 4 is 0 Å². The van der Waals surface area contributed by atoms with Gasteiger partial charge in [0.1, 0.15) is 11.9 Å². The summed E-state index contributed by atoms with van der Waals surface area (Å²) in [6, 6.07) is 1.96. The van der Waals surface area contributed by atoms with Crippen molar-refractivity contribution in [1.29, 1.82) is 0 Å². The fraction of sp³-hybridized carbons (Fsp3) is 0.400. The molecule has 0 spiro atoms. The maximum Gasteiger partial charge on any atom is 0.135 e. The second kappa shape index (κ2) is 3.86. The van der Waals surface area contributed by atoms with Crippen LogP contribution in [0.15, 0.2) is 18.5 Å². The monoisotopic (exact) mass is 206 g/mol. The highest BCUT2D eigenvalue weighted by atomic mass is 16.3. The van der Waals surface area contributed by atoms with E-state index in [0.717, 1.165) is 11.4 Å². The number of aromatic amines is 1. The first-order valence-electron chi connectivity index (χ1n) is 4.83. The molecule has 1 unspecified atom stereocenters. The molecule has 5 heteroatoms. The second-order valence-electron chi connectivity index (χ2n) is 3.60. The molecule has 0 saturated carbocycles. The molecule has 2 aromatic heterocycles. The van der Waals surface area contributed by atoms with E-state index in [-0.39, 0.29) is 0 Å². The first-order chi connectivity index (χ1) is 7.16. The summed E-state index contributed by atoms with van der Waals surface area (Å²) in [5.74, 6) is 0.592. The van der Waals surface area contributed by atoms with Crippen molar-refractivity contribution in [3.05, 3.63) is 35.7 Å². The zero-order valence-electron chi connectivity index (χ0n) is 8.81. The Bertz CT molecular complexity index is 432. The summed E-state index contributed by atoms with van der Waals surface area (Å²) in [6.45, 7) is 1.93. The van der Waals surface area contributed by atoms with Gasteiger partial charge in [-0.1, -0.05) is 0 Å². The summed E-state index contributed by atoms with van der Waals surface area (Å²) in [5.41, 5.74) is 1.95. The van der Waals surface area contributed by atoms with Crippen LogP contribution in [-0.4, -0.2) is 24.9 Å². The topological polar surface area (TPSA) is 66.7 Å². The Morgan fingerprint density at radius 1 is 1.60 bits per heavy atom. The van der Waals surface area contributed by atoms with Crippen molar-refractivity contribution in [2.24, 2.45) is 7.05 Å². The molecule has 2 N–H and O–H groups in total. The molecule has 2 rings (SSSR count). The van der Waals surface area contributed by atoms with Crippen molar-refractivity contribution in [2.75, 3.05) is 0 Å². The van der Waals surface area contributed by atoms with Gasteiger partial charge in [-0.3, -0.25) is 4.68 Å². The van der Waals surface area contributed by atoms with Crippen LogP contribution < -0.4 is 0 Å². The van der Waals surface area contributed by atoms with Gasteiger partial charge in [0.2, 0.25) is 0 Å². The number of hydrogen-bond donors (Lipinski definition) is 2. The molecule has 1 atom stereocenters. The summed E-state index contributed by atoms with van der Waals surface area (Å²) < 4.78 is 1.78. The Morgan fingerprint density at radius 2 is 2.40 bits per heavy atom. The minimum Gasteiger partial charge on any atom is -0.385 e. The molecule has 0 saturated heterocycles. The van der Waals surface area contributed by atoms with Crippen LogP contribution in [-0.2, 0) is 13.5 Å². The van der Waals surface area contributed by atoms with Gasteiger partial charge in [-0.15, -0.1) is 0 Å². The molecule has 0 aliphatic carbocycles. The van der Waals surface area contributed by atoms with Crippen LogP contribution in [0.2, 0.25) is 0 Å². The Hall–Kier alpha value is -1.62. The van der Waals surface area contributed by atoms with E-state index in [1.807, 2.05) is 20.0 Å². The van der Waals surface area contributed by atoms with Gasteiger partial charge in [-0.05, 0) is 13.0 Å². The third kappa shape index (κ3) is 2.07. The molecule has 2 heterocycles. The van der Waals surface area contributed by atoms with Crippen molar-refractivity contribution < 1.29 is 5.11 Å². The van der Waals surface area contributed by atoms with E-state index in [1.165, 1.54) is 0 Å². The predicted molar refractivity (Wildman–Crippen MR) is 55.2 cm³/mol. The van der Waals surface area contributed by atoms with E-state index < -0.39 is 6.10 Å². The third-order valence-electron chi connectivity index (χ3n) is 2.34. The van der Waals surface area contributed by atoms with E-state index >= 15 is 0 Å². The average molecular weight is 206 g/mol. The Balaban J connectivity index is 2.12. The van der Waals surface area contributed by atoms with Gasteiger partial charge in [0.05, 0.1) is 5.69 Å². The largest absolute Gasteiger partial charge is 0.385 e. The van der Waals surface area contributed by atoms with Crippen LogP contribution in [0.4, 0.5) is 0 Å². The highest BCUT2D eigenvalue weighted by Crippen LogP contribution is 2.14. The van der Waals surface area contributed by atoms with Gasteiger partial charge in [0.25, 0.3) is 0 Å². The fourth-order valence-corrected chi connectivity index (χ4v) is 1.61. The Kier molecular flexibility index (Phi) is 2.55. The molecular formula is C10H14N4O. The van der Waals surface area contributed by atoms with Crippen molar-refractivity contribution in [1.82, 2.24) is 19.7 Å². The van der Waals surface area contributed by atoms with E-state index in [1.54, 1.807) is 17.1 Å². The molecule has 0 radical (unpaired) electrons. The van der Waals surface area contributed by atoms with Gasteiger partial charge >= 0.3 is 0 Å². The lowest BCUT2D eigenvalue weighted by molar-refractivity contribution is 0.167. The van der Waals surface area contributed by atoms with Crippen molar-refractivity contribution in [3.63, 3.8) is 0 Å². The van der Waals surface area contributed by atoms with Gasteiger partial charge in [-0.25, -0.2) is 4.98 Å². The maximum absolute atomic E-state index is 9.86. The third-order valence-corrected chi connectivity index (χ3v) is 2.34. The van der Waals surface area contributed by atoms with Crippen LogP contribution in [0, 0.1) is 6.92 Å². The number of hydrogen-bond acceptors (Lipinski definition) is 3. The van der Waals surface area contributed by atoms with Crippen molar-refractivity contribution in [3.8, 4) is 0 Å². The number of aliphatic hydroxyl groups excluding tert-OH is 1. The summed E-state index contributed by atoms with van der Waals surface area (Å²) in [7, 11) is 1.87. The number of nitrogens with zero attached hydrogens (tertiary/aromatic N) is 3. The van der Waals surface area contributed by atoms with Crippen LogP contribution in [0.3, 0.4) is 0 Å². The SMILES string of the molecule is Cc1cc(CC(O)c2ncc[nH]2)n(C)n1. The summed E-state index contributed by atoms with van der Waals surface area (Å²) in [6.07, 6.45) is 3.25. The van der Waals surface area contributed by atoms with Crippen LogP contribution in [0.25, 0.3) is 0 Å². The van der Waals surface area contributed by atoms with E-state index in [9.17, 15) is 5.11 Å². The van der Waals surface area contributed by atoms with Gasteiger partial charge < -0.3 is 10.1 Å². The summed E-state index contributed by atoms with van der Waals surface area (Å²) >= 11 is 0. The molecule has 0 aromatic carbocycles. The normalized spacial score (nSPS) is 13.0. The number of aryl methyl sites for hydroxylation is 2. The van der Waals surface area contributed by atoms with Gasteiger partial charge in [0, 0.05) is 31.6 Å². The number of H-pyrrole nitrogens is 1. The number of aromatic nitrogens is 4. The predicted octanol–water partition coefficient (Wildman–Crippen LogP) is 0.728. The Morgan fingerprint density at radius 3 is 2.93 bits per heavy atom. The highest BCUT2D eigenvalue weighted by Gasteiger charge is 2.13. The molecule has 0 aliphatic heterocycles. The zero-order chi connectivity index (χ0) is 10.8. The molecule has 2 aromatic rings.